The number of amides is 1. The van der Waals surface area contributed by atoms with E-state index in [1.807, 2.05) is 0 Å². The molecule has 0 bridgehead atoms. The molecule has 0 spiro atoms. The molecule has 3 unspecified atom stereocenters. The zero-order valence-corrected chi connectivity index (χ0v) is 12.2. The predicted octanol–water partition coefficient (Wildman–Crippen LogP) is 0.427. The summed E-state index contributed by atoms with van der Waals surface area (Å²) >= 11 is 0. The van der Waals surface area contributed by atoms with Gasteiger partial charge in [-0.1, -0.05) is 12.8 Å². The normalized spacial score (nSPS) is 23.5. The fraction of sp³-hybridized carbons (Fsp3) is 0.643. The molecule has 0 saturated heterocycles. The monoisotopic (exact) mass is 294 g/mol. The van der Waals surface area contributed by atoms with Gasteiger partial charge in [0.15, 0.2) is 0 Å². The Kier molecular flexibility index (Phi) is 4.95. The van der Waals surface area contributed by atoms with Crippen LogP contribution < -0.4 is 11.1 Å². The highest BCUT2D eigenvalue weighted by Gasteiger charge is 2.31. The van der Waals surface area contributed by atoms with Gasteiger partial charge in [0.05, 0.1) is 12.1 Å². The average Bonchev–Trinajstić information content (AvgIpc) is 2.90. The summed E-state index contributed by atoms with van der Waals surface area (Å²) in [5, 5.41) is 16.0. The molecule has 1 aromatic rings. The summed E-state index contributed by atoms with van der Waals surface area (Å²) in [6, 6.07) is -0.773. The van der Waals surface area contributed by atoms with Gasteiger partial charge in [0.25, 0.3) is 0 Å². The Labute approximate surface area is 123 Å². The van der Waals surface area contributed by atoms with E-state index < -0.39 is 12.0 Å². The van der Waals surface area contributed by atoms with Crippen molar-refractivity contribution in [1.82, 2.24) is 15.1 Å². The molecule has 1 heterocycles. The third-order valence-electron chi connectivity index (χ3n) is 4.13. The number of carboxylic acid groups (broad SMARTS) is 1. The first-order valence-electron chi connectivity index (χ1n) is 7.23. The van der Waals surface area contributed by atoms with Crippen molar-refractivity contribution < 1.29 is 14.7 Å². The van der Waals surface area contributed by atoms with E-state index in [0.717, 1.165) is 19.3 Å². The summed E-state index contributed by atoms with van der Waals surface area (Å²) in [5.74, 6) is -1.45. The third kappa shape index (κ3) is 3.81. The summed E-state index contributed by atoms with van der Waals surface area (Å²) in [7, 11) is 1.76. The van der Waals surface area contributed by atoms with Crippen LogP contribution in [0.15, 0.2) is 12.4 Å². The van der Waals surface area contributed by atoms with Crippen LogP contribution in [0.25, 0.3) is 0 Å². The molecule has 0 aliphatic heterocycles. The van der Waals surface area contributed by atoms with Crippen LogP contribution in [0.3, 0.4) is 0 Å². The van der Waals surface area contributed by atoms with Crippen molar-refractivity contribution in [2.24, 2.45) is 24.6 Å². The SMILES string of the molecule is Cn1cc(C(N)C(=O)NCC2CCCCC2C(=O)O)cn1. The van der Waals surface area contributed by atoms with Crippen molar-refractivity contribution >= 4 is 11.9 Å². The lowest BCUT2D eigenvalue weighted by Gasteiger charge is -2.28. The highest BCUT2D eigenvalue weighted by Crippen LogP contribution is 2.29. The van der Waals surface area contributed by atoms with Gasteiger partial charge in [0.1, 0.15) is 6.04 Å². The number of carboxylic acids is 1. The molecule has 1 aliphatic carbocycles. The smallest absolute Gasteiger partial charge is 0.306 e. The summed E-state index contributed by atoms with van der Waals surface area (Å²) < 4.78 is 1.59. The van der Waals surface area contributed by atoms with Crippen LogP contribution in [-0.2, 0) is 16.6 Å². The van der Waals surface area contributed by atoms with Gasteiger partial charge in [-0.2, -0.15) is 5.10 Å². The van der Waals surface area contributed by atoms with Crippen LogP contribution in [-0.4, -0.2) is 33.3 Å². The molecule has 1 saturated carbocycles. The van der Waals surface area contributed by atoms with Gasteiger partial charge >= 0.3 is 5.97 Å². The largest absolute Gasteiger partial charge is 0.481 e. The molecule has 116 valence electrons. The fourth-order valence-electron chi connectivity index (χ4n) is 2.87. The molecule has 1 aliphatic rings. The van der Waals surface area contributed by atoms with E-state index in [2.05, 4.69) is 10.4 Å². The van der Waals surface area contributed by atoms with Gasteiger partial charge in [0.2, 0.25) is 5.91 Å². The van der Waals surface area contributed by atoms with Crippen molar-refractivity contribution in [2.45, 2.75) is 31.7 Å². The first-order valence-corrected chi connectivity index (χ1v) is 7.23. The summed E-state index contributed by atoms with van der Waals surface area (Å²) in [6.07, 6.45) is 6.73. The minimum Gasteiger partial charge on any atom is -0.481 e. The molecule has 0 aromatic carbocycles. The van der Waals surface area contributed by atoms with E-state index in [9.17, 15) is 14.7 Å². The van der Waals surface area contributed by atoms with E-state index >= 15 is 0 Å². The quantitative estimate of drug-likeness (QED) is 0.729. The summed E-state index contributed by atoms with van der Waals surface area (Å²) in [6.45, 7) is 0.365. The number of nitrogens with zero attached hydrogens (tertiary/aromatic N) is 2. The number of carbonyl (C=O) groups is 2. The Morgan fingerprint density at radius 2 is 2.24 bits per heavy atom. The molecule has 1 amide bonds. The second-order valence-electron chi connectivity index (χ2n) is 5.66. The second kappa shape index (κ2) is 6.71. The molecular weight excluding hydrogens is 272 g/mol. The van der Waals surface area contributed by atoms with Crippen LogP contribution in [0.1, 0.15) is 37.3 Å². The Morgan fingerprint density at radius 1 is 1.52 bits per heavy atom. The number of aliphatic carboxylic acids is 1. The van der Waals surface area contributed by atoms with E-state index in [4.69, 9.17) is 5.73 Å². The number of nitrogens with two attached hydrogens (primary N) is 1. The molecule has 1 aromatic heterocycles. The number of hydrogen-bond donors (Lipinski definition) is 3. The Hall–Kier alpha value is -1.89. The predicted molar refractivity (Wildman–Crippen MR) is 76.2 cm³/mol. The van der Waals surface area contributed by atoms with Crippen LogP contribution in [0, 0.1) is 11.8 Å². The van der Waals surface area contributed by atoms with Crippen LogP contribution in [0.2, 0.25) is 0 Å². The zero-order valence-electron chi connectivity index (χ0n) is 12.2. The van der Waals surface area contributed by atoms with E-state index in [-0.39, 0.29) is 17.7 Å². The third-order valence-corrected chi connectivity index (χ3v) is 4.13. The Morgan fingerprint density at radius 3 is 2.86 bits per heavy atom. The van der Waals surface area contributed by atoms with Gasteiger partial charge in [-0.15, -0.1) is 0 Å². The molecule has 0 radical (unpaired) electrons. The Bertz CT molecular complexity index is 514. The maximum atomic E-state index is 12.1. The van der Waals surface area contributed by atoms with Crippen molar-refractivity contribution in [2.75, 3.05) is 6.54 Å². The number of hydrogen-bond acceptors (Lipinski definition) is 4. The number of aromatic nitrogens is 2. The lowest BCUT2D eigenvalue weighted by molar-refractivity contribution is -0.145. The average molecular weight is 294 g/mol. The zero-order chi connectivity index (χ0) is 15.4. The molecule has 7 heteroatoms. The maximum absolute atomic E-state index is 12.1. The maximum Gasteiger partial charge on any atom is 0.306 e. The van der Waals surface area contributed by atoms with Crippen molar-refractivity contribution in [3.8, 4) is 0 Å². The summed E-state index contributed by atoms with van der Waals surface area (Å²) in [4.78, 5) is 23.3. The topological polar surface area (TPSA) is 110 Å². The number of rotatable bonds is 5. The van der Waals surface area contributed by atoms with Crippen molar-refractivity contribution in [3.63, 3.8) is 0 Å². The van der Waals surface area contributed by atoms with Crippen LogP contribution in [0.4, 0.5) is 0 Å². The second-order valence-corrected chi connectivity index (χ2v) is 5.66. The molecule has 3 atom stereocenters. The van der Waals surface area contributed by atoms with Gasteiger partial charge in [0, 0.05) is 25.4 Å². The van der Waals surface area contributed by atoms with E-state index in [1.165, 1.54) is 0 Å². The van der Waals surface area contributed by atoms with E-state index in [1.54, 1.807) is 24.1 Å². The lowest BCUT2D eigenvalue weighted by atomic mass is 9.79. The lowest BCUT2D eigenvalue weighted by Crippen LogP contribution is -2.40. The Balaban J connectivity index is 1.89. The molecule has 2 rings (SSSR count). The molecule has 21 heavy (non-hydrogen) atoms. The molecule has 4 N–H and O–H groups in total. The van der Waals surface area contributed by atoms with Gasteiger partial charge in [-0.05, 0) is 18.8 Å². The number of nitrogens with one attached hydrogen (secondary N) is 1. The molecular formula is C14H22N4O3. The summed E-state index contributed by atoms with van der Waals surface area (Å²) in [5.41, 5.74) is 6.53. The first kappa shape index (κ1) is 15.5. The highest BCUT2D eigenvalue weighted by molar-refractivity contribution is 5.82. The number of aryl methyl sites for hydroxylation is 1. The van der Waals surface area contributed by atoms with Crippen molar-refractivity contribution in [3.05, 3.63) is 18.0 Å². The van der Waals surface area contributed by atoms with E-state index in [0.29, 0.717) is 18.5 Å². The van der Waals surface area contributed by atoms with Crippen LogP contribution in [0.5, 0.6) is 0 Å². The molecule has 1 fully saturated rings. The fourth-order valence-corrected chi connectivity index (χ4v) is 2.87. The first-order chi connectivity index (χ1) is 9.99. The van der Waals surface area contributed by atoms with Crippen LogP contribution >= 0.6 is 0 Å². The minimum atomic E-state index is -0.773. The standard InChI is InChI=1S/C14H22N4O3/c1-18-8-10(7-17-18)12(15)13(19)16-6-9-4-2-3-5-11(9)14(20)21/h7-9,11-12H,2-6,15H2,1H3,(H,16,19)(H,20,21). The van der Waals surface area contributed by atoms with Gasteiger partial charge < -0.3 is 16.2 Å². The van der Waals surface area contributed by atoms with Gasteiger partial charge in [-0.25, -0.2) is 0 Å². The number of carbonyl (C=O) groups excluding carboxylic acids is 1. The highest BCUT2D eigenvalue weighted by atomic mass is 16.4. The minimum absolute atomic E-state index is 0.0127. The van der Waals surface area contributed by atoms with Crippen molar-refractivity contribution in [1.29, 1.82) is 0 Å². The molecule has 7 nitrogen and oxygen atoms in total. The van der Waals surface area contributed by atoms with Gasteiger partial charge in [-0.3, -0.25) is 14.3 Å².